The molecule has 0 bridgehead atoms. The van der Waals surface area contributed by atoms with Crippen molar-refractivity contribution in [3.63, 3.8) is 0 Å². The summed E-state index contributed by atoms with van der Waals surface area (Å²) in [7, 11) is 4.51. The molecule has 4 aromatic rings. The van der Waals surface area contributed by atoms with Crippen molar-refractivity contribution >= 4 is 21.8 Å². The minimum absolute atomic E-state index is 0.288. The second-order valence-corrected chi connectivity index (χ2v) is 13.4. The highest BCUT2D eigenvalue weighted by atomic mass is 16.3. The highest BCUT2D eigenvalue weighted by Crippen LogP contribution is 2.48. The van der Waals surface area contributed by atoms with Crippen molar-refractivity contribution < 1.29 is 5.11 Å². The minimum Gasteiger partial charge on any atom is -0.508 e. The number of aromatic nitrogens is 2. The number of para-hydroxylation sites is 1. The highest BCUT2D eigenvalue weighted by molar-refractivity contribution is 5.90. The number of hydrogen-bond acceptors (Lipinski definition) is 4. The van der Waals surface area contributed by atoms with E-state index in [-0.39, 0.29) is 6.04 Å². The SMILES string of the molecule is C=C[C@H]1CN2CCc3c([nH]c4c([C@H]5CCCN5C)c(O)ccc34)[C@@H]2C[C@@H]1C[C@H]1Cc2[nH]c3ccccc3c2CN1C. The molecule has 0 amide bonds. The average molecular weight is 550 g/mol. The van der Waals surface area contributed by atoms with Crippen molar-refractivity contribution in [2.45, 2.75) is 63.2 Å². The predicted octanol–water partition coefficient (Wildman–Crippen LogP) is 6.29. The Morgan fingerprint density at radius 2 is 1.88 bits per heavy atom. The van der Waals surface area contributed by atoms with Crippen LogP contribution in [0.3, 0.4) is 0 Å². The second-order valence-electron chi connectivity index (χ2n) is 13.4. The molecule has 6 heterocycles. The van der Waals surface area contributed by atoms with Crippen LogP contribution in [0.4, 0.5) is 0 Å². The Hall–Kier alpha value is -3.06. The number of nitrogens with one attached hydrogen (secondary N) is 2. The number of likely N-dealkylation sites (N-methyl/N-ethyl adjacent to an activating group) is 1. The van der Waals surface area contributed by atoms with E-state index in [1.807, 2.05) is 6.07 Å². The third kappa shape index (κ3) is 4.02. The van der Waals surface area contributed by atoms with Gasteiger partial charge in [0.25, 0.3) is 0 Å². The summed E-state index contributed by atoms with van der Waals surface area (Å²) in [5.41, 5.74) is 9.36. The number of benzene rings is 2. The number of phenolic OH excluding ortho intramolecular Hbond substituents is 1. The molecule has 0 unspecified atom stereocenters. The van der Waals surface area contributed by atoms with Crippen molar-refractivity contribution in [1.82, 2.24) is 24.7 Å². The summed E-state index contributed by atoms with van der Waals surface area (Å²) in [4.78, 5) is 15.4. The van der Waals surface area contributed by atoms with Gasteiger partial charge in [-0.05, 0) is 93.9 Å². The summed E-state index contributed by atoms with van der Waals surface area (Å²) in [6.45, 7) is 8.61. The number of hydrogen-bond donors (Lipinski definition) is 3. The molecule has 0 radical (unpaired) electrons. The normalized spacial score (nSPS) is 29.1. The van der Waals surface area contributed by atoms with Crippen molar-refractivity contribution in [2.75, 3.05) is 33.7 Å². The fraction of sp³-hybridized carbons (Fsp3) is 0.486. The number of aromatic hydroxyl groups is 1. The molecule has 214 valence electrons. The quantitative estimate of drug-likeness (QED) is 0.262. The van der Waals surface area contributed by atoms with Crippen LogP contribution in [0.1, 0.15) is 65.8 Å². The number of likely N-dealkylation sites (tertiary alicyclic amines) is 1. The number of H-pyrrole nitrogens is 2. The molecule has 41 heavy (non-hydrogen) atoms. The van der Waals surface area contributed by atoms with Crippen LogP contribution in [-0.2, 0) is 19.4 Å². The Morgan fingerprint density at radius 3 is 2.71 bits per heavy atom. The zero-order valence-corrected chi connectivity index (χ0v) is 24.5. The molecule has 4 aliphatic rings. The first kappa shape index (κ1) is 25.6. The minimum atomic E-state index is 0.288. The first-order chi connectivity index (χ1) is 20.0. The van der Waals surface area contributed by atoms with Gasteiger partial charge in [0.05, 0.1) is 11.6 Å². The summed E-state index contributed by atoms with van der Waals surface area (Å²) >= 11 is 0. The Balaban J connectivity index is 1.10. The van der Waals surface area contributed by atoms with Crippen molar-refractivity contribution in [3.05, 3.63) is 77.1 Å². The molecule has 3 N–H and O–H groups in total. The first-order valence-electron chi connectivity index (χ1n) is 15.7. The third-order valence-electron chi connectivity index (χ3n) is 11.2. The average Bonchev–Trinajstić information content (AvgIpc) is 3.67. The zero-order chi connectivity index (χ0) is 27.8. The van der Waals surface area contributed by atoms with E-state index in [0.29, 0.717) is 29.7 Å². The first-order valence-corrected chi connectivity index (χ1v) is 15.7. The molecule has 2 aromatic carbocycles. The van der Waals surface area contributed by atoms with Crippen molar-refractivity contribution in [3.8, 4) is 5.75 Å². The molecular weight excluding hydrogens is 506 g/mol. The summed E-state index contributed by atoms with van der Waals surface area (Å²) in [5, 5.41) is 13.7. The maximum absolute atomic E-state index is 11.0. The summed E-state index contributed by atoms with van der Waals surface area (Å²) in [6, 6.07) is 14.1. The highest BCUT2D eigenvalue weighted by Gasteiger charge is 2.41. The number of aromatic amines is 2. The van der Waals surface area contributed by atoms with Gasteiger partial charge in [-0.25, -0.2) is 0 Å². The molecule has 5 atom stereocenters. The van der Waals surface area contributed by atoms with Crippen LogP contribution in [0.5, 0.6) is 5.75 Å². The van der Waals surface area contributed by atoms with Gasteiger partial charge in [-0.15, -0.1) is 6.58 Å². The summed E-state index contributed by atoms with van der Waals surface area (Å²) in [6.07, 6.45) is 9.05. The van der Waals surface area contributed by atoms with E-state index in [0.717, 1.165) is 57.4 Å². The van der Waals surface area contributed by atoms with Crippen LogP contribution in [0.25, 0.3) is 21.8 Å². The van der Waals surface area contributed by atoms with Gasteiger partial charge >= 0.3 is 0 Å². The number of piperidine rings is 1. The van der Waals surface area contributed by atoms with Crippen molar-refractivity contribution in [2.24, 2.45) is 11.8 Å². The number of nitrogens with zero attached hydrogens (tertiary/aromatic N) is 3. The van der Waals surface area contributed by atoms with Gasteiger partial charge < -0.3 is 15.1 Å². The number of fused-ring (bicyclic) bond motifs is 8. The van der Waals surface area contributed by atoms with E-state index in [1.165, 1.54) is 57.2 Å². The number of rotatable bonds is 4. The smallest absolute Gasteiger partial charge is 0.122 e. The molecule has 2 fully saturated rings. The van der Waals surface area contributed by atoms with Gasteiger partial charge in [-0.2, -0.15) is 0 Å². The van der Waals surface area contributed by atoms with E-state index in [2.05, 4.69) is 81.7 Å². The van der Waals surface area contributed by atoms with Crippen LogP contribution in [0.2, 0.25) is 0 Å². The van der Waals surface area contributed by atoms with Crippen LogP contribution in [0.15, 0.2) is 49.1 Å². The Bertz CT molecular complexity index is 1630. The molecule has 2 saturated heterocycles. The largest absolute Gasteiger partial charge is 0.508 e. The molecule has 0 spiro atoms. The zero-order valence-electron chi connectivity index (χ0n) is 24.5. The lowest BCUT2D eigenvalue weighted by Crippen LogP contribution is -2.47. The van der Waals surface area contributed by atoms with Crippen molar-refractivity contribution in [1.29, 1.82) is 0 Å². The van der Waals surface area contributed by atoms with Gasteiger partial charge in [-0.3, -0.25) is 14.7 Å². The van der Waals surface area contributed by atoms with E-state index >= 15 is 0 Å². The summed E-state index contributed by atoms with van der Waals surface area (Å²) < 4.78 is 0. The molecule has 4 aliphatic heterocycles. The maximum atomic E-state index is 11.0. The maximum Gasteiger partial charge on any atom is 0.122 e. The monoisotopic (exact) mass is 549 g/mol. The van der Waals surface area contributed by atoms with Gasteiger partial charge in [0.2, 0.25) is 0 Å². The van der Waals surface area contributed by atoms with Crippen LogP contribution in [-0.4, -0.2) is 69.5 Å². The standard InChI is InChI=1S/C35H43N5O/c1-4-21-19-40-15-13-26-25-11-12-32(41)33(30-10-7-14-38(30)2)35(25)37-34(26)31(40)17-22(21)16-23-18-29-27(20-39(23)3)24-8-5-6-9-28(24)36-29/h4-6,8-9,11-12,21-23,30-31,36-37,41H,1,7,10,13-20H2,2-3H3/t21-,22-,23-,30+,31-/m0/s1. The molecule has 6 nitrogen and oxygen atoms in total. The fourth-order valence-corrected chi connectivity index (χ4v) is 9.01. The van der Waals surface area contributed by atoms with Gasteiger partial charge in [0, 0.05) is 71.4 Å². The lowest BCUT2D eigenvalue weighted by Gasteiger charge is -2.47. The Labute approximate surface area is 243 Å². The van der Waals surface area contributed by atoms with Gasteiger partial charge in [0.15, 0.2) is 0 Å². The van der Waals surface area contributed by atoms with Gasteiger partial charge in [-0.1, -0.05) is 24.3 Å². The molecule has 0 aliphatic carbocycles. The fourth-order valence-electron chi connectivity index (χ4n) is 9.01. The van der Waals surface area contributed by atoms with Crippen LogP contribution < -0.4 is 0 Å². The lowest BCUT2D eigenvalue weighted by atomic mass is 9.74. The summed E-state index contributed by atoms with van der Waals surface area (Å²) in [5.74, 6) is 1.55. The molecule has 0 saturated carbocycles. The van der Waals surface area contributed by atoms with E-state index in [9.17, 15) is 5.11 Å². The van der Waals surface area contributed by atoms with E-state index in [4.69, 9.17) is 0 Å². The molecule has 8 rings (SSSR count). The third-order valence-corrected chi connectivity index (χ3v) is 11.2. The molecule has 2 aromatic heterocycles. The van der Waals surface area contributed by atoms with E-state index < -0.39 is 0 Å². The van der Waals surface area contributed by atoms with Crippen LogP contribution in [0, 0.1) is 11.8 Å². The van der Waals surface area contributed by atoms with Gasteiger partial charge in [0.1, 0.15) is 5.75 Å². The number of phenols is 1. The van der Waals surface area contributed by atoms with E-state index in [1.54, 1.807) is 0 Å². The Kier molecular flexibility index (Phi) is 6.10. The Morgan fingerprint density at radius 1 is 1.00 bits per heavy atom. The molecular formula is C35H43N5O. The second kappa shape index (κ2) is 9.75. The predicted molar refractivity (Wildman–Crippen MR) is 166 cm³/mol. The van der Waals surface area contributed by atoms with Crippen LogP contribution >= 0.6 is 0 Å². The lowest BCUT2D eigenvalue weighted by molar-refractivity contribution is 0.0510. The molecule has 6 heteroatoms. The topological polar surface area (TPSA) is 61.5 Å².